The SMILES string of the molecule is CCCCNC(=O)NC(=O)c1cccc2ccccc12. The third-order valence-corrected chi connectivity index (χ3v) is 3.08. The van der Waals surface area contributed by atoms with Crippen molar-refractivity contribution >= 4 is 22.7 Å². The van der Waals surface area contributed by atoms with Crippen molar-refractivity contribution in [3.05, 3.63) is 48.0 Å². The lowest BCUT2D eigenvalue weighted by Crippen LogP contribution is -2.39. The third-order valence-electron chi connectivity index (χ3n) is 3.08. The number of urea groups is 1. The largest absolute Gasteiger partial charge is 0.338 e. The number of nitrogens with one attached hydrogen (secondary N) is 2. The van der Waals surface area contributed by atoms with Crippen molar-refractivity contribution in [1.29, 1.82) is 0 Å². The van der Waals surface area contributed by atoms with E-state index in [1.807, 2.05) is 43.3 Å². The van der Waals surface area contributed by atoms with E-state index in [1.165, 1.54) is 0 Å². The highest BCUT2D eigenvalue weighted by molar-refractivity contribution is 6.11. The first-order chi connectivity index (χ1) is 9.72. The van der Waals surface area contributed by atoms with Crippen molar-refractivity contribution in [1.82, 2.24) is 10.6 Å². The minimum atomic E-state index is -0.448. The molecule has 0 radical (unpaired) electrons. The number of rotatable bonds is 4. The van der Waals surface area contributed by atoms with Crippen molar-refractivity contribution in [3.63, 3.8) is 0 Å². The molecule has 104 valence electrons. The first kappa shape index (κ1) is 14.1. The molecule has 2 rings (SSSR count). The van der Waals surface area contributed by atoms with E-state index < -0.39 is 6.03 Å². The quantitative estimate of drug-likeness (QED) is 0.839. The molecule has 0 spiro atoms. The molecule has 2 aromatic rings. The minimum Gasteiger partial charge on any atom is -0.338 e. The Labute approximate surface area is 118 Å². The molecule has 4 nitrogen and oxygen atoms in total. The van der Waals surface area contributed by atoms with Crippen molar-refractivity contribution < 1.29 is 9.59 Å². The topological polar surface area (TPSA) is 58.2 Å². The molecule has 0 aliphatic carbocycles. The number of benzene rings is 2. The van der Waals surface area contributed by atoms with Crippen LogP contribution in [0.25, 0.3) is 10.8 Å². The van der Waals surface area contributed by atoms with Crippen LogP contribution in [-0.4, -0.2) is 18.5 Å². The summed E-state index contributed by atoms with van der Waals surface area (Å²) in [5.74, 6) is -0.379. The van der Waals surface area contributed by atoms with E-state index in [0.29, 0.717) is 12.1 Å². The monoisotopic (exact) mass is 270 g/mol. The third kappa shape index (κ3) is 3.35. The van der Waals surface area contributed by atoms with Gasteiger partial charge in [-0.2, -0.15) is 0 Å². The number of hydrogen-bond acceptors (Lipinski definition) is 2. The Morgan fingerprint density at radius 1 is 1.05 bits per heavy atom. The van der Waals surface area contributed by atoms with E-state index in [9.17, 15) is 9.59 Å². The van der Waals surface area contributed by atoms with Crippen LogP contribution in [0.4, 0.5) is 4.79 Å². The lowest BCUT2D eigenvalue weighted by atomic mass is 10.0. The Morgan fingerprint density at radius 2 is 1.80 bits per heavy atom. The number of hydrogen-bond donors (Lipinski definition) is 2. The van der Waals surface area contributed by atoms with Crippen molar-refractivity contribution in [2.45, 2.75) is 19.8 Å². The van der Waals surface area contributed by atoms with Crippen LogP contribution in [0.2, 0.25) is 0 Å². The number of fused-ring (bicyclic) bond motifs is 1. The van der Waals surface area contributed by atoms with Gasteiger partial charge in [0.15, 0.2) is 0 Å². The molecule has 0 aromatic heterocycles. The maximum absolute atomic E-state index is 12.1. The molecule has 0 heterocycles. The van der Waals surface area contributed by atoms with E-state index >= 15 is 0 Å². The highest BCUT2D eigenvalue weighted by atomic mass is 16.2. The normalized spacial score (nSPS) is 10.2. The second-order valence-electron chi connectivity index (χ2n) is 4.59. The van der Waals surface area contributed by atoms with Crippen LogP contribution in [0.5, 0.6) is 0 Å². The summed E-state index contributed by atoms with van der Waals surface area (Å²) in [6.07, 6.45) is 1.90. The van der Waals surface area contributed by atoms with E-state index in [0.717, 1.165) is 23.6 Å². The van der Waals surface area contributed by atoms with Gasteiger partial charge in [0.2, 0.25) is 0 Å². The van der Waals surface area contributed by atoms with Crippen LogP contribution < -0.4 is 10.6 Å². The molecule has 0 unspecified atom stereocenters. The smallest absolute Gasteiger partial charge is 0.321 e. The fraction of sp³-hybridized carbons (Fsp3) is 0.250. The zero-order chi connectivity index (χ0) is 14.4. The Hall–Kier alpha value is -2.36. The lowest BCUT2D eigenvalue weighted by Gasteiger charge is -2.08. The molecule has 0 bridgehead atoms. The van der Waals surface area contributed by atoms with Crippen molar-refractivity contribution in [2.24, 2.45) is 0 Å². The van der Waals surface area contributed by atoms with Gasteiger partial charge in [-0.1, -0.05) is 49.7 Å². The fourth-order valence-corrected chi connectivity index (χ4v) is 2.02. The summed E-state index contributed by atoms with van der Waals surface area (Å²) < 4.78 is 0. The minimum absolute atomic E-state index is 0.379. The molecule has 4 heteroatoms. The van der Waals surface area contributed by atoms with Gasteiger partial charge in [0, 0.05) is 12.1 Å². The maximum atomic E-state index is 12.1. The summed E-state index contributed by atoms with van der Waals surface area (Å²) in [6.45, 7) is 2.62. The van der Waals surface area contributed by atoms with Gasteiger partial charge in [-0.15, -0.1) is 0 Å². The van der Waals surface area contributed by atoms with Gasteiger partial charge in [0.05, 0.1) is 0 Å². The molecule has 0 aliphatic heterocycles. The van der Waals surface area contributed by atoms with Crippen molar-refractivity contribution in [2.75, 3.05) is 6.54 Å². The molecule has 0 aliphatic rings. The summed E-state index contributed by atoms with van der Waals surface area (Å²) in [7, 11) is 0. The summed E-state index contributed by atoms with van der Waals surface area (Å²) in [6, 6.07) is 12.6. The summed E-state index contributed by atoms with van der Waals surface area (Å²) in [5.41, 5.74) is 0.508. The molecule has 0 saturated carbocycles. The lowest BCUT2D eigenvalue weighted by molar-refractivity contribution is 0.0965. The molecular formula is C16H18N2O2. The van der Waals surface area contributed by atoms with Gasteiger partial charge in [0.1, 0.15) is 0 Å². The van der Waals surface area contributed by atoms with Gasteiger partial charge in [-0.3, -0.25) is 10.1 Å². The van der Waals surface area contributed by atoms with Gasteiger partial charge < -0.3 is 5.32 Å². The van der Waals surface area contributed by atoms with E-state index in [-0.39, 0.29) is 5.91 Å². The molecule has 20 heavy (non-hydrogen) atoms. The Balaban J connectivity index is 2.10. The van der Waals surface area contributed by atoms with Gasteiger partial charge in [-0.05, 0) is 23.3 Å². The highest BCUT2D eigenvalue weighted by Crippen LogP contribution is 2.18. The molecule has 0 fully saturated rings. The predicted molar refractivity (Wildman–Crippen MR) is 79.7 cm³/mol. The van der Waals surface area contributed by atoms with Gasteiger partial charge >= 0.3 is 6.03 Å². The fourth-order valence-electron chi connectivity index (χ4n) is 2.02. The highest BCUT2D eigenvalue weighted by Gasteiger charge is 2.12. The molecule has 0 atom stereocenters. The van der Waals surface area contributed by atoms with E-state index in [1.54, 1.807) is 6.07 Å². The summed E-state index contributed by atoms with van der Waals surface area (Å²) in [4.78, 5) is 23.7. The molecule has 3 amide bonds. The number of carbonyl (C=O) groups is 2. The number of carbonyl (C=O) groups excluding carboxylic acids is 2. The zero-order valence-corrected chi connectivity index (χ0v) is 11.5. The number of unbranched alkanes of at least 4 members (excludes halogenated alkanes) is 1. The molecular weight excluding hydrogens is 252 g/mol. The second-order valence-corrected chi connectivity index (χ2v) is 4.59. The Bertz CT molecular complexity index is 617. The summed E-state index contributed by atoms with van der Waals surface area (Å²) >= 11 is 0. The Morgan fingerprint density at radius 3 is 2.60 bits per heavy atom. The Kier molecular flexibility index (Phi) is 4.71. The molecule has 0 saturated heterocycles. The van der Waals surface area contributed by atoms with Crippen LogP contribution >= 0.6 is 0 Å². The van der Waals surface area contributed by atoms with E-state index in [2.05, 4.69) is 10.6 Å². The van der Waals surface area contributed by atoms with Crippen LogP contribution in [0, 0.1) is 0 Å². The standard InChI is InChI=1S/C16H18N2O2/c1-2-3-11-17-16(20)18-15(19)14-10-6-8-12-7-4-5-9-13(12)14/h4-10H,2-3,11H2,1H3,(H2,17,18,19,20). The molecule has 2 aromatic carbocycles. The predicted octanol–water partition coefficient (Wildman–Crippen LogP) is 3.08. The van der Waals surface area contributed by atoms with Crippen LogP contribution in [-0.2, 0) is 0 Å². The second kappa shape index (κ2) is 6.70. The van der Waals surface area contributed by atoms with Crippen LogP contribution in [0.1, 0.15) is 30.1 Å². The average molecular weight is 270 g/mol. The number of imide groups is 1. The van der Waals surface area contributed by atoms with E-state index in [4.69, 9.17) is 0 Å². The van der Waals surface area contributed by atoms with Crippen LogP contribution in [0.15, 0.2) is 42.5 Å². The molecule has 2 N–H and O–H groups in total. The average Bonchev–Trinajstić information content (AvgIpc) is 2.47. The first-order valence-electron chi connectivity index (χ1n) is 6.79. The maximum Gasteiger partial charge on any atom is 0.321 e. The zero-order valence-electron chi connectivity index (χ0n) is 11.5. The van der Waals surface area contributed by atoms with Crippen LogP contribution in [0.3, 0.4) is 0 Å². The summed E-state index contributed by atoms with van der Waals surface area (Å²) in [5, 5.41) is 6.84. The van der Waals surface area contributed by atoms with Crippen molar-refractivity contribution in [3.8, 4) is 0 Å². The van der Waals surface area contributed by atoms with Gasteiger partial charge in [-0.25, -0.2) is 4.79 Å². The van der Waals surface area contributed by atoms with Gasteiger partial charge in [0.25, 0.3) is 5.91 Å². The number of amides is 3. The first-order valence-corrected chi connectivity index (χ1v) is 6.79.